The van der Waals surface area contributed by atoms with Crippen LogP contribution in [0.15, 0.2) is 89.9 Å². The van der Waals surface area contributed by atoms with E-state index < -0.39 is 5.56 Å². The molecular weight excluding hydrogens is 544 g/mol. The molecule has 5 rings (SSSR count). The maximum atomic E-state index is 13.7. The minimum absolute atomic E-state index is 0.119. The number of esters is 1. The molecule has 0 saturated carbocycles. The van der Waals surface area contributed by atoms with E-state index in [1.54, 1.807) is 72.5 Å². The van der Waals surface area contributed by atoms with Crippen LogP contribution in [-0.4, -0.2) is 46.3 Å². The SMILES string of the molecule is CCOC(=O)C1CCCN(C(=O)c2cccc(Nc3c(Oc4ccccc4)cnn(-c4ccccc4Cl)c3=O)c2)C1. The molecule has 0 bridgehead atoms. The monoisotopic (exact) mass is 572 g/mol. The predicted octanol–water partition coefficient (Wildman–Crippen LogP) is 5.84. The average Bonchev–Trinajstić information content (AvgIpc) is 3.00. The van der Waals surface area contributed by atoms with Gasteiger partial charge in [0.1, 0.15) is 5.75 Å². The van der Waals surface area contributed by atoms with Crippen molar-refractivity contribution in [1.29, 1.82) is 0 Å². The molecule has 1 aliphatic heterocycles. The highest BCUT2D eigenvalue weighted by Crippen LogP contribution is 2.30. The fourth-order valence-corrected chi connectivity index (χ4v) is 4.93. The summed E-state index contributed by atoms with van der Waals surface area (Å²) < 4.78 is 12.4. The lowest BCUT2D eigenvalue weighted by Gasteiger charge is -2.31. The number of nitrogens with zero attached hydrogens (tertiary/aromatic N) is 3. The van der Waals surface area contributed by atoms with Crippen molar-refractivity contribution in [3.05, 3.63) is 106 Å². The fraction of sp³-hybridized carbons (Fsp3) is 0.226. The van der Waals surface area contributed by atoms with Crippen molar-refractivity contribution in [2.75, 3.05) is 25.0 Å². The topological polar surface area (TPSA) is 103 Å². The van der Waals surface area contributed by atoms with Gasteiger partial charge in [0.2, 0.25) is 0 Å². The van der Waals surface area contributed by atoms with E-state index in [0.717, 1.165) is 0 Å². The third-order valence-electron chi connectivity index (χ3n) is 6.70. The third-order valence-corrected chi connectivity index (χ3v) is 7.02. The van der Waals surface area contributed by atoms with E-state index in [1.807, 2.05) is 18.2 Å². The van der Waals surface area contributed by atoms with Gasteiger partial charge in [-0.1, -0.05) is 48.0 Å². The molecule has 1 amide bonds. The molecule has 0 radical (unpaired) electrons. The second-order valence-corrected chi connectivity index (χ2v) is 9.92. The number of hydrogen-bond acceptors (Lipinski definition) is 7. The quantitative estimate of drug-likeness (QED) is 0.265. The summed E-state index contributed by atoms with van der Waals surface area (Å²) >= 11 is 6.37. The fourth-order valence-electron chi connectivity index (χ4n) is 4.71. The van der Waals surface area contributed by atoms with Crippen LogP contribution in [0.2, 0.25) is 5.02 Å². The van der Waals surface area contributed by atoms with Gasteiger partial charge in [0.15, 0.2) is 11.4 Å². The van der Waals surface area contributed by atoms with Gasteiger partial charge in [0.25, 0.3) is 11.5 Å². The number of carbonyl (C=O) groups excluding carboxylic acids is 2. The Labute approximate surface area is 242 Å². The van der Waals surface area contributed by atoms with Gasteiger partial charge in [-0.2, -0.15) is 9.78 Å². The largest absolute Gasteiger partial charge is 0.466 e. The Balaban J connectivity index is 1.46. The molecule has 10 heteroatoms. The number of ether oxygens (including phenoxy) is 2. The molecule has 1 atom stereocenters. The Morgan fingerprint density at radius 3 is 2.61 bits per heavy atom. The number of anilines is 2. The molecule has 210 valence electrons. The second-order valence-electron chi connectivity index (χ2n) is 9.52. The summed E-state index contributed by atoms with van der Waals surface area (Å²) in [6.07, 6.45) is 2.85. The van der Waals surface area contributed by atoms with E-state index in [2.05, 4.69) is 10.4 Å². The van der Waals surface area contributed by atoms with E-state index >= 15 is 0 Å². The number of benzene rings is 3. The Bertz CT molecular complexity index is 1610. The molecule has 4 aromatic rings. The summed E-state index contributed by atoms with van der Waals surface area (Å²) in [5.74, 6) is -0.0934. The first-order valence-corrected chi connectivity index (χ1v) is 13.8. The van der Waals surface area contributed by atoms with Gasteiger partial charge in [-0.3, -0.25) is 14.4 Å². The summed E-state index contributed by atoms with van der Waals surface area (Å²) in [7, 11) is 0. The molecule has 9 nitrogen and oxygen atoms in total. The number of likely N-dealkylation sites (tertiary alicyclic amines) is 1. The van der Waals surface area contributed by atoms with Crippen LogP contribution < -0.4 is 15.6 Å². The molecule has 1 aliphatic rings. The normalized spacial score (nSPS) is 14.8. The van der Waals surface area contributed by atoms with Crippen LogP contribution in [0.4, 0.5) is 11.4 Å². The van der Waals surface area contributed by atoms with E-state index in [0.29, 0.717) is 60.2 Å². The smallest absolute Gasteiger partial charge is 0.310 e. The van der Waals surface area contributed by atoms with Crippen LogP contribution in [0, 0.1) is 5.92 Å². The number of amides is 1. The summed E-state index contributed by atoms with van der Waals surface area (Å²) in [6.45, 7) is 2.93. The van der Waals surface area contributed by atoms with Crippen molar-refractivity contribution >= 4 is 34.9 Å². The second kappa shape index (κ2) is 12.7. The first kappa shape index (κ1) is 27.9. The van der Waals surface area contributed by atoms with Crippen molar-refractivity contribution < 1.29 is 19.1 Å². The number of carbonyl (C=O) groups is 2. The van der Waals surface area contributed by atoms with Gasteiger partial charge in [-0.05, 0) is 62.2 Å². The van der Waals surface area contributed by atoms with E-state index in [-0.39, 0.29) is 29.2 Å². The van der Waals surface area contributed by atoms with Crippen molar-refractivity contribution in [3.63, 3.8) is 0 Å². The van der Waals surface area contributed by atoms with Crippen LogP contribution in [0.5, 0.6) is 11.5 Å². The van der Waals surface area contributed by atoms with Gasteiger partial charge >= 0.3 is 5.97 Å². The van der Waals surface area contributed by atoms with E-state index in [4.69, 9.17) is 21.1 Å². The number of hydrogen-bond donors (Lipinski definition) is 1. The van der Waals surface area contributed by atoms with E-state index in [9.17, 15) is 14.4 Å². The molecule has 1 aromatic heterocycles. The summed E-state index contributed by atoms with van der Waals surface area (Å²) in [6, 6.07) is 22.8. The molecule has 1 unspecified atom stereocenters. The number of piperidine rings is 1. The Kier molecular flexibility index (Phi) is 8.64. The Hall–Kier alpha value is -4.63. The van der Waals surface area contributed by atoms with Gasteiger partial charge in [0, 0.05) is 24.3 Å². The van der Waals surface area contributed by atoms with Crippen molar-refractivity contribution in [2.45, 2.75) is 19.8 Å². The molecule has 1 fully saturated rings. The number of nitrogens with one attached hydrogen (secondary N) is 1. The minimum Gasteiger partial charge on any atom is -0.466 e. The number of aromatic nitrogens is 2. The van der Waals surface area contributed by atoms with Crippen LogP contribution in [-0.2, 0) is 9.53 Å². The highest BCUT2D eigenvalue weighted by Gasteiger charge is 2.30. The van der Waals surface area contributed by atoms with Crippen LogP contribution in [0.25, 0.3) is 5.69 Å². The first-order valence-electron chi connectivity index (χ1n) is 13.4. The lowest BCUT2D eigenvalue weighted by atomic mass is 9.97. The standard InChI is InChI=1S/C31H29ClN4O5/c1-2-40-31(39)22-11-9-17-35(20-22)29(37)21-10-8-12-23(18-21)34-28-27(41-24-13-4-3-5-14-24)19-33-36(30(28)38)26-16-7-6-15-25(26)32/h3-8,10,12-16,18-19,22,34H,2,9,11,17,20H2,1H3. The zero-order valence-corrected chi connectivity index (χ0v) is 23.2. The van der Waals surface area contributed by atoms with Crippen LogP contribution in [0.3, 0.4) is 0 Å². The molecule has 1 N–H and O–H groups in total. The molecule has 3 aromatic carbocycles. The molecule has 1 saturated heterocycles. The number of halogens is 1. The maximum Gasteiger partial charge on any atom is 0.310 e. The number of rotatable bonds is 8. The zero-order chi connectivity index (χ0) is 28.8. The summed E-state index contributed by atoms with van der Waals surface area (Å²) in [4.78, 5) is 41.1. The lowest BCUT2D eigenvalue weighted by molar-refractivity contribution is -0.149. The van der Waals surface area contributed by atoms with Gasteiger partial charge < -0.3 is 19.7 Å². The molecular formula is C31H29ClN4O5. The predicted molar refractivity (Wildman–Crippen MR) is 156 cm³/mol. The third kappa shape index (κ3) is 6.41. The van der Waals surface area contributed by atoms with Gasteiger partial charge in [-0.25, -0.2) is 0 Å². The average molecular weight is 573 g/mol. The Morgan fingerprint density at radius 2 is 1.83 bits per heavy atom. The highest BCUT2D eigenvalue weighted by atomic mass is 35.5. The maximum absolute atomic E-state index is 13.7. The lowest BCUT2D eigenvalue weighted by Crippen LogP contribution is -2.42. The summed E-state index contributed by atoms with van der Waals surface area (Å²) in [5, 5.41) is 7.81. The first-order chi connectivity index (χ1) is 19.9. The zero-order valence-electron chi connectivity index (χ0n) is 22.5. The van der Waals surface area contributed by atoms with Crippen LogP contribution >= 0.6 is 11.6 Å². The van der Waals surface area contributed by atoms with Crippen molar-refractivity contribution in [2.24, 2.45) is 5.92 Å². The van der Waals surface area contributed by atoms with Crippen molar-refractivity contribution in [3.8, 4) is 17.2 Å². The minimum atomic E-state index is -0.489. The van der Waals surface area contributed by atoms with Gasteiger partial charge in [-0.15, -0.1) is 0 Å². The molecule has 2 heterocycles. The summed E-state index contributed by atoms with van der Waals surface area (Å²) in [5.41, 5.74) is 0.969. The Morgan fingerprint density at radius 1 is 1.05 bits per heavy atom. The highest BCUT2D eigenvalue weighted by molar-refractivity contribution is 6.32. The van der Waals surface area contributed by atoms with Crippen molar-refractivity contribution in [1.82, 2.24) is 14.7 Å². The molecule has 0 aliphatic carbocycles. The number of para-hydroxylation sites is 2. The van der Waals surface area contributed by atoms with Crippen LogP contribution in [0.1, 0.15) is 30.1 Å². The van der Waals surface area contributed by atoms with E-state index in [1.165, 1.54) is 10.9 Å². The van der Waals surface area contributed by atoms with Gasteiger partial charge in [0.05, 0.1) is 29.4 Å². The molecule has 41 heavy (non-hydrogen) atoms. The molecule has 0 spiro atoms.